The molecule has 2 aliphatic carbocycles. The van der Waals surface area contributed by atoms with Crippen molar-refractivity contribution < 1.29 is 142 Å². The molecule has 21 nitrogen and oxygen atoms in total. The van der Waals surface area contributed by atoms with E-state index in [-0.39, 0.29) is 128 Å². The van der Waals surface area contributed by atoms with E-state index < -0.39 is 96.4 Å². The number of anilines is 4. The number of ketones is 2. The van der Waals surface area contributed by atoms with Gasteiger partial charge in [-0.2, -0.15) is 23.7 Å². The fraction of sp³-hybridized carbons (Fsp3) is 0. The van der Waals surface area contributed by atoms with Gasteiger partial charge in [-0.3, -0.25) is 30.0 Å². The number of fused-ring (bicyclic) bond motifs is 2. The molecule has 0 spiro atoms. The average Bonchev–Trinajstić information content (AvgIpc) is 3.22. The number of azo groups is 1. The van der Waals surface area contributed by atoms with Crippen LogP contribution in [0.15, 0.2) is 143 Å². The number of nitrogen functional groups attached to an aromatic ring is 2. The van der Waals surface area contributed by atoms with Crippen molar-refractivity contribution in [1.82, 2.24) is 0 Å². The van der Waals surface area contributed by atoms with E-state index in [1.165, 1.54) is 66.7 Å². The van der Waals surface area contributed by atoms with Gasteiger partial charge in [0.25, 0.3) is 10.1 Å². The minimum Gasteiger partial charge on any atom is -0.858 e. The molecule has 5 aromatic rings. The molecule has 66 heavy (non-hydrogen) atoms. The topological polar surface area (TPSA) is 364 Å². The first kappa shape index (κ1) is 53.9. The Hall–Kier alpha value is -4.74. The standard InChI is InChI=1S/C39H29N9O12S3.3Na/c40-23-9-6-21-16-30(62(55,56)57)35(37(49)28(21)19-23)47-45-27-14-12-24(13-15-27)42-39(51)20-7-10-26(11-8-20)44-46-34-29(61(52,53)54)17-22-18-31(63(58,59)60)36(38(50)32(22)33(34)41)48-43-25-4-2-1-3-5-25;;;/h1-19,43,45H,40-41H2,(H,42,51)(H,52,53,54)(H,55,56,57)(H,58,59,60);;;/q;3*+1/p-3/b46-44?,47-35-,48-36-;;;. The number of hydrazone groups is 2. The van der Waals surface area contributed by atoms with E-state index in [4.69, 9.17) is 11.5 Å². The van der Waals surface area contributed by atoms with Crippen LogP contribution in [0.2, 0.25) is 0 Å². The maximum absolute atomic E-state index is 13.7. The number of hydrogen-bond donors (Lipinski definition) is 5. The zero-order valence-electron chi connectivity index (χ0n) is 34.5. The Morgan fingerprint density at radius 2 is 1.18 bits per heavy atom. The Kier molecular flexibility index (Phi) is 17.5. The molecule has 0 bridgehead atoms. The molecule has 320 valence electrons. The molecule has 0 heterocycles. The van der Waals surface area contributed by atoms with Crippen LogP contribution in [0.4, 0.5) is 39.8 Å². The zero-order chi connectivity index (χ0) is 45.4. The molecule has 0 aromatic heterocycles. The molecule has 27 heteroatoms. The smallest absolute Gasteiger partial charge is 0.858 e. The second-order valence-corrected chi connectivity index (χ2v) is 17.3. The number of carbonyl (C=O) groups is 2. The first-order chi connectivity index (χ1) is 29.7. The van der Waals surface area contributed by atoms with E-state index in [0.29, 0.717) is 11.8 Å². The van der Waals surface area contributed by atoms with Crippen molar-refractivity contribution in [1.29, 1.82) is 0 Å². The van der Waals surface area contributed by atoms with Gasteiger partial charge in [-0.25, -0.2) is 16.8 Å². The third-order valence-electron chi connectivity index (χ3n) is 9.01. The molecule has 0 unspecified atom stereocenters. The van der Waals surface area contributed by atoms with Crippen LogP contribution >= 0.6 is 0 Å². The second-order valence-electron chi connectivity index (χ2n) is 13.2. The van der Waals surface area contributed by atoms with Crippen molar-refractivity contribution in [3.8, 4) is 0 Å². The molecule has 0 saturated heterocycles. The molecular weight excluding hydrogens is 952 g/mol. The van der Waals surface area contributed by atoms with E-state index >= 15 is 0 Å². The van der Waals surface area contributed by atoms with E-state index in [1.54, 1.807) is 30.3 Å². The normalized spacial score (nSPS) is 15.1. The third kappa shape index (κ3) is 12.0. The Balaban J connectivity index is 0.00000317. The van der Waals surface area contributed by atoms with Gasteiger partial charge in [0.2, 0.25) is 11.6 Å². The number of rotatable bonds is 11. The fourth-order valence-corrected chi connectivity index (χ4v) is 8.02. The van der Waals surface area contributed by atoms with Crippen LogP contribution in [0, 0.1) is 0 Å². The summed E-state index contributed by atoms with van der Waals surface area (Å²) in [4.78, 5) is 27.9. The number of nitrogens with one attached hydrogen (secondary N) is 2. The van der Waals surface area contributed by atoms with Gasteiger partial charge >= 0.3 is 88.7 Å². The van der Waals surface area contributed by atoms with Crippen LogP contribution in [0.25, 0.3) is 12.2 Å². The van der Waals surface area contributed by atoms with Gasteiger partial charge in [-0.1, -0.05) is 36.4 Å². The number of hydrogen-bond acceptors (Lipinski definition) is 20. The average molecular weight is 978 g/mol. The summed E-state index contributed by atoms with van der Waals surface area (Å²) in [5.74, 6) is -2.74. The Labute approximate surface area is 442 Å². The predicted molar refractivity (Wildman–Crippen MR) is 227 cm³/mol. The van der Waals surface area contributed by atoms with Crippen molar-refractivity contribution in [2.45, 2.75) is 4.90 Å². The number of allylic oxidation sites excluding steroid dienone is 2. The van der Waals surface area contributed by atoms with Crippen LogP contribution in [0.3, 0.4) is 0 Å². The Morgan fingerprint density at radius 1 is 0.621 bits per heavy atom. The number of benzene rings is 5. The van der Waals surface area contributed by atoms with Gasteiger partial charge in [0.15, 0.2) is 5.71 Å². The van der Waals surface area contributed by atoms with Gasteiger partial charge in [0.05, 0.1) is 43.8 Å². The van der Waals surface area contributed by atoms with Gasteiger partial charge in [-0.15, -0.1) is 5.11 Å². The minimum atomic E-state index is -5.40. The summed E-state index contributed by atoms with van der Waals surface area (Å²) in [5.41, 5.74) is 14.4. The van der Waals surface area contributed by atoms with Gasteiger partial charge in [0, 0.05) is 11.3 Å². The minimum absolute atomic E-state index is 0. The summed E-state index contributed by atoms with van der Waals surface area (Å²) < 4.78 is 107. The molecule has 0 aliphatic heterocycles. The zero-order valence-corrected chi connectivity index (χ0v) is 43.0. The van der Waals surface area contributed by atoms with E-state index in [2.05, 4.69) is 36.3 Å². The summed E-state index contributed by atoms with van der Waals surface area (Å²) in [5, 5.41) is 28.5. The molecule has 0 fully saturated rings. The molecule has 2 aliphatic rings. The Morgan fingerprint density at radius 3 is 1.76 bits per heavy atom. The summed E-state index contributed by atoms with van der Waals surface area (Å²) in [6.45, 7) is 0. The maximum atomic E-state index is 13.7. The molecule has 5 aromatic carbocycles. The third-order valence-corrected chi connectivity index (χ3v) is 11.6. The molecule has 0 saturated carbocycles. The summed E-state index contributed by atoms with van der Waals surface area (Å²) in [6, 6.07) is 23.6. The van der Waals surface area contributed by atoms with E-state index in [1.807, 2.05) is 0 Å². The Bertz CT molecular complexity index is 3310. The largest absolute Gasteiger partial charge is 1.00 e. The molecule has 0 amide bonds. The second kappa shape index (κ2) is 21.5. The van der Waals surface area contributed by atoms with Crippen molar-refractivity contribution in [3.63, 3.8) is 0 Å². The van der Waals surface area contributed by atoms with Crippen molar-refractivity contribution in [2.24, 2.45) is 25.4 Å². The summed E-state index contributed by atoms with van der Waals surface area (Å²) >= 11 is 0. The quantitative estimate of drug-likeness (QED) is 0.0157. The monoisotopic (exact) mass is 977 g/mol. The first-order valence-electron chi connectivity index (χ1n) is 17.6. The van der Waals surface area contributed by atoms with E-state index in [0.717, 1.165) is 12.2 Å². The van der Waals surface area contributed by atoms with Crippen LogP contribution in [0.1, 0.15) is 37.4 Å². The number of aliphatic imine (C=N–C) groups is 1. The number of carbonyl (C=O) groups excluding carboxylic acids is 2. The van der Waals surface area contributed by atoms with Crippen molar-refractivity contribution in [3.05, 3.63) is 141 Å². The summed E-state index contributed by atoms with van der Waals surface area (Å²) in [7, 11) is -15.7. The van der Waals surface area contributed by atoms with E-state index in [9.17, 15) is 53.6 Å². The molecule has 0 atom stereocenters. The summed E-state index contributed by atoms with van der Waals surface area (Å²) in [6.07, 6.45) is 1.75. The molecule has 7 N–H and O–H groups in total. The molecule has 7 rings (SSSR count). The first-order valence-corrected chi connectivity index (χ1v) is 21.8. The van der Waals surface area contributed by atoms with Gasteiger partial charge in [0.1, 0.15) is 36.5 Å². The SMILES string of the molecule is Nc1ccc2c(c1)C(=O)/C(=N\Nc1ccc(N=C([O-])c3ccc(N=Nc4c(S(=O)(=O)[O-])cc5c(c4N)C(=O)/C(=N\Nc4ccccc4)C(S(=O)(=O)O)=C5)cc3)cc1)C(S(=O)(=O)[O-])=C2.[Na+].[Na+].[Na+]. The molecule has 0 radical (unpaired) electrons. The van der Waals surface area contributed by atoms with Crippen LogP contribution in [-0.4, -0.2) is 67.8 Å². The van der Waals surface area contributed by atoms with Gasteiger partial charge in [-0.05, 0) is 101 Å². The van der Waals surface area contributed by atoms with Gasteiger partial charge < -0.3 is 25.7 Å². The maximum Gasteiger partial charge on any atom is 1.00 e. The predicted octanol–water partition coefficient (Wildman–Crippen LogP) is -4.94. The van der Waals surface area contributed by atoms with Crippen LogP contribution in [-0.2, 0) is 30.4 Å². The molecular formula is C39H26N9Na3O12S3. The fourth-order valence-electron chi connectivity index (χ4n) is 6.06. The number of Topliss-reactive ketones (excluding diaryl/α,β-unsaturated/α-hetero) is 2. The number of nitrogens with two attached hydrogens (primary N) is 2. The van der Waals surface area contributed by atoms with Crippen molar-refractivity contribution >= 4 is 111 Å². The van der Waals surface area contributed by atoms with Crippen LogP contribution in [0.5, 0.6) is 0 Å². The van der Waals surface area contributed by atoms with Crippen LogP contribution < -0.4 is 116 Å². The number of para-hydroxylation sites is 1. The van der Waals surface area contributed by atoms with Crippen molar-refractivity contribution in [2.75, 3.05) is 22.3 Å². The number of nitrogens with zero attached hydrogens (tertiary/aromatic N) is 5.